The summed E-state index contributed by atoms with van der Waals surface area (Å²) in [6, 6.07) is 2.61. The molecule has 6 rings (SSSR count). The molecule has 1 aromatic carbocycles. The van der Waals surface area contributed by atoms with Crippen molar-refractivity contribution >= 4 is 61.4 Å². The van der Waals surface area contributed by atoms with Crippen LogP contribution in [0, 0.1) is 13.8 Å². The minimum Gasteiger partial charge on any atom is -0.505 e. The SMILES string of the molecule is Cc1cc2nc3c([n+](C[C@H](O)[C@H](O)[C@H](O)COP(=O)(O)OP(=O)(O)OC[C@H]4OC(n5cnc6c(N)ncnc65)=C(O)[C@@H]4O)c2cc1C)NC(=O)N[C@H]3O. The molecule has 2 amide bonds. The van der Waals surface area contributed by atoms with Gasteiger partial charge >= 0.3 is 27.5 Å². The van der Waals surface area contributed by atoms with Crippen LogP contribution in [0.3, 0.4) is 0 Å². The van der Waals surface area contributed by atoms with Crippen LogP contribution in [0.2, 0.25) is 0 Å². The van der Waals surface area contributed by atoms with E-state index in [-0.39, 0.29) is 34.4 Å². The molecule has 5 heterocycles. The quantitative estimate of drug-likeness (QED) is 0.0540. The van der Waals surface area contributed by atoms with Crippen LogP contribution in [0.25, 0.3) is 28.1 Å². The number of hydrogen-bond donors (Lipinski definition) is 11. The molecule has 2 unspecified atom stereocenters. The number of amides is 2. The number of phosphoric ester groups is 2. The predicted octanol–water partition coefficient (Wildman–Crippen LogP) is -1.54. The summed E-state index contributed by atoms with van der Waals surface area (Å²) >= 11 is 0. The van der Waals surface area contributed by atoms with E-state index in [0.717, 1.165) is 28.3 Å². The van der Waals surface area contributed by atoms with Gasteiger partial charge in [0.1, 0.15) is 43.0 Å². The van der Waals surface area contributed by atoms with Crippen molar-refractivity contribution < 1.29 is 77.0 Å². The number of aliphatic hydroxyl groups is 6. The van der Waals surface area contributed by atoms with Crippen LogP contribution in [-0.2, 0) is 33.8 Å². The number of rotatable bonds is 13. The van der Waals surface area contributed by atoms with Crippen LogP contribution in [0.4, 0.5) is 16.4 Å². The first-order chi connectivity index (χ1) is 24.9. The third-order valence-electron chi connectivity index (χ3n) is 8.26. The Morgan fingerprint density at radius 3 is 2.49 bits per heavy atom. The number of nitrogens with zero attached hydrogens (tertiary/aromatic N) is 6. The number of hydrogen-bond acceptors (Lipinski definition) is 18. The Labute approximate surface area is 296 Å². The second-order valence-corrected chi connectivity index (χ2v) is 15.0. The lowest BCUT2D eigenvalue weighted by Crippen LogP contribution is -2.53. The van der Waals surface area contributed by atoms with Gasteiger partial charge < -0.3 is 50.9 Å². The van der Waals surface area contributed by atoms with E-state index in [1.54, 1.807) is 19.1 Å². The van der Waals surface area contributed by atoms with Gasteiger partial charge in [-0.05, 0) is 37.1 Å². The number of carbonyl (C=O) groups excluding carboxylic acids is 1. The molecule has 286 valence electrons. The predicted molar refractivity (Wildman–Crippen MR) is 176 cm³/mol. The number of aliphatic hydroxyl groups excluding tert-OH is 6. The zero-order valence-corrected chi connectivity index (χ0v) is 29.3. The molecule has 3 aromatic heterocycles. The van der Waals surface area contributed by atoms with E-state index in [2.05, 4.69) is 43.9 Å². The Bertz CT molecular complexity index is 2220. The number of nitrogen functional groups attached to an aromatic ring is 1. The van der Waals surface area contributed by atoms with Gasteiger partial charge in [-0.25, -0.2) is 43.0 Å². The van der Waals surface area contributed by atoms with Gasteiger partial charge in [0, 0.05) is 0 Å². The van der Waals surface area contributed by atoms with Crippen molar-refractivity contribution in [1.82, 2.24) is 29.8 Å². The van der Waals surface area contributed by atoms with Crippen LogP contribution >= 0.6 is 15.6 Å². The molecule has 0 saturated carbocycles. The molecule has 2 aliphatic heterocycles. The number of nitrogens with two attached hydrogens (primary N) is 1. The van der Waals surface area contributed by atoms with Gasteiger partial charge in [-0.1, -0.05) is 0 Å². The van der Waals surface area contributed by atoms with Crippen molar-refractivity contribution in [3.8, 4) is 0 Å². The summed E-state index contributed by atoms with van der Waals surface area (Å²) in [5, 5.41) is 68.1. The lowest BCUT2D eigenvalue weighted by atomic mass is 10.1. The van der Waals surface area contributed by atoms with Crippen molar-refractivity contribution in [2.45, 2.75) is 57.1 Å². The van der Waals surface area contributed by atoms with Crippen molar-refractivity contribution in [2.75, 3.05) is 24.3 Å². The maximum absolute atomic E-state index is 12.5. The highest BCUT2D eigenvalue weighted by molar-refractivity contribution is 7.61. The van der Waals surface area contributed by atoms with E-state index < -0.39 is 83.9 Å². The normalized spacial score (nSPS) is 22.7. The number of ether oxygens (including phenoxy) is 1. The zero-order chi connectivity index (χ0) is 38.6. The minimum atomic E-state index is -5.54. The first kappa shape index (κ1) is 38.3. The molecule has 0 bridgehead atoms. The fraction of sp³-hybridized carbons (Fsp3) is 0.407. The maximum atomic E-state index is 12.5. The van der Waals surface area contributed by atoms with Crippen molar-refractivity contribution in [3.05, 3.63) is 47.4 Å². The van der Waals surface area contributed by atoms with Gasteiger partial charge in [-0.2, -0.15) is 9.63 Å². The topological polar surface area (TPSA) is 360 Å². The average Bonchev–Trinajstić information content (AvgIpc) is 3.63. The molecule has 24 nitrogen and oxygen atoms in total. The molecule has 0 fully saturated rings. The van der Waals surface area contributed by atoms with Gasteiger partial charge in [0.15, 0.2) is 52.4 Å². The molecule has 12 N–H and O–H groups in total. The number of aromatic nitrogens is 6. The molecule has 0 saturated heterocycles. The van der Waals surface area contributed by atoms with E-state index in [1.165, 1.54) is 4.57 Å². The fourth-order valence-electron chi connectivity index (χ4n) is 5.42. The Balaban J connectivity index is 1.06. The first-order valence-corrected chi connectivity index (χ1v) is 18.4. The van der Waals surface area contributed by atoms with E-state index in [4.69, 9.17) is 10.5 Å². The lowest BCUT2D eigenvalue weighted by Gasteiger charge is -2.25. The van der Waals surface area contributed by atoms with Gasteiger partial charge in [-0.3, -0.25) is 14.4 Å². The third kappa shape index (κ3) is 7.80. The highest BCUT2D eigenvalue weighted by Crippen LogP contribution is 2.60. The molecule has 0 spiro atoms. The monoisotopic (exact) mass is 786 g/mol. The Hall–Kier alpha value is -4.42. The van der Waals surface area contributed by atoms with E-state index in [9.17, 15) is 54.4 Å². The molecule has 8 atom stereocenters. The van der Waals surface area contributed by atoms with E-state index >= 15 is 0 Å². The number of urea groups is 1. The number of anilines is 2. The van der Waals surface area contributed by atoms with Gasteiger partial charge in [-0.15, -0.1) is 0 Å². The summed E-state index contributed by atoms with van der Waals surface area (Å²) in [5.74, 6) is -1.13. The van der Waals surface area contributed by atoms with Crippen molar-refractivity contribution in [1.29, 1.82) is 0 Å². The number of phosphoric acid groups is 2. The Kier molecular flexibility index (Phi) is 10.4. The summed E-state index contributed by atoms with van der Waals surface area (Å²) in [6.45, 7) is 0.900. The lowest BCUT2D eigenvalue weighted by molar-refractivity contribution is -0.667. The maximum Gasteiger partial charge on any atom is 0.481 e. The second-order valence-electron chi connectivity index (χ2n) is 12.0. The molecule has 4 aromatic rings. The minimum absolute atomic E-state index is 0.00468. The largest absolute Gasteiger partial charge is 0.505 e. The van der Waals surface area contributed by atoms with Gasteiger partial charge in [0.05, 0.1) is 13.2 Å². The number of imidazole rings is 1. The van der Waals surface area contributed by atoms with Crippen molar-refractivity contribution in [2.24, 2.45) is 0 Å². The number of fused-ring (bicyclic) bond motifs is 3. The number of benzene rings is 1. The van der Waals surface area contributed by atoms with Crippen LogP contribution in [-0.4, -0.2) is 115 Å². The van der Waals surface area contributed by atoms with Gasteiger partial charge in [0.25, 0.3) is 0 Å². The van der Waals surface area contributed by atoms with Crippen LogP contribution in [0.1, 0.15) is 23.0 Å². The molecular formula is C27H34N9O15P2+. The zero-order valence-electron chi connectivity index (χ0n) is 27.5. The van der Waals surface area contributed by atoms with Crippen LogP contribution in [0.15, 0.2) is 30.5 Å². The summed E-state index contributed by atoms with van der Waals surface area (Å²) in [6.07, 6.45) is -8.65. The smallest absolute Gasteiger partial charge is 0.481 e. The van der Waals surface area contributed by atoms with E-state index in [1.807, 2.05) is 6.92 Å². The summed E-state index contributed by atoms with van der Waals surface area (Å²) < 4.78 is 46.4. The average molecular weight is 787 g/mol. The second kappa shape index (κ2) is 14.4. The molecule has 26 heteroatoms. The highest BCUT2D eigenvalue weighted by Gasteiger charge is 2.43. The number of nitrogens with one attached hydrogen (secondary N) is 2. The standard InChI is InChI=1S/C27H33N9O15P2/c1-10-3-12-13(4-11(10)2)35(24-18(32-12)25(42)34-27(43)33-24)5-14(37)19(39)15(38)6-48-52(44,45)51-53(46,47)49-7-16-20(40)21(41)26(50-16)36-9-31-17-22(28)29-8-30-23(17)36/h3-4,8-9,14-16,19-20,25,37-40,42H,5-7H2,1-2H3,(H6,28,29,30,34,41,43,44,45,46,47)/p+1/t14-,15+,16+,19-,20+,25-/m0/s1. The number of carbonyl (C=O) groups is 1. The van der Waals surface area contributed by atoms with E-state index in [0.29, 0.717) is 11.0 Å². The highest BCUT2D eigenvalue weighted by atomic mass is 31.3. The summed E-state index contributed by atoms with van der Waals surface area (Å²) in [5.41, 5.74) is 8.35. The molecule has 2 aliphatic rings. The first-order valence-electron chi connectivity index (χ1n) is 15.4. The Morgan fingerprint density at radius 2 is 1.75 bits per heavy atom. The van der Waals surface area contributed by atoms with Crippen LogP contribution in [0.5, 0.6) is 0 Å². The third-order valence-corrected chi connectivity index (χ3v) is 10.9. The molecule has 53 heavy (non-hydrogen) atoms. The van der Waals surface area contributed by atoms with Gasteiger partial charge in [0.2, 0.25) is 5.88 Å². The number of aryl methyl sites for hydroxylation is 2. The molecular weight excluding hydrogens is 752 g/mol. The van der Waals surface area contributed by atoms with Crippen molar-refractivity contribution in [3.63, 3.8) is 0 Å². The summed E-state index contributed by atoms with van der Waals surface area (Å²) in [7, 11) is -11.0. The summed E-state index contributed by atoms with van der Waals surface area (Å²) in [4.78, 5) is 48.5. The molecule has 0 aliphatic carbocycles. The molecule has 0 radical (unpaired) electrons. The Morgan fingerprint density at radius 1 is 1.06 bits per heavy atom. The van der Waals surface area contributed by atoms with Crippen LogP contribution < -0.4 is 20.9 Å². The fourth-order valence-corrected chi connectivity index (χ4v) is 7.52.